The fraction of sp³-hybridized carbons (Fsp3) is 0.417. The van der Waals surface area contributed by atoms with Crippen LogP contribution in [0, 0.1) is 5.92 Å². The summed E-state index contributed by atoms with van der Waals surface area (Å²) in [6.07, 6.45) is 0.909. The smallest absolute Gasteiger partial charge is 0.338 e. The van der Waals surface area contributed by atoms with E-state index in [1.54, 1.807) is 24.3 Å². The molecule has 0 saturated heterocycles. The number of nitrogens with one attached hydrogen (secondary N) is 1. The summed E-state index contributed by atoms with van der Waals surface area (Å²) in [7, 11) is 1.50. The second kappa shape index (κ2) is 10.7. The summed E-state index contributed by atoms with van der Waals surface area (Å²) in [5.41, 5.74) is 1.13. The maximum atomic E-state index is 12.4. The summed E-state index contributed by atoms with van der Waals surface area (Å²) in [4.78, 5) is 24.6. The molecule has 1 aliphatic rings. The van der Waals surface area contributed by atoms with Crippen molar-refractivity contribution in [1.29, 1.82) is 0 Å². The largest absolute Gasteiger partial charge is 0.493 e. The molecule has 0 aromatic heterocycles. The Kier molecular flexibility index (Phi) is 7.81. The van der Waals surface area contributed by atoms with Crippen LogP contribution in [0.2, 0.25) is 0 Å². The van der Waals surface area contributed by atoms with E-state index in [0.29, 0.717) is 35.5 Å². The van der Waals surface area contributed by atoms with E-state index in [4.69, 9.17) is 23.7 Å². The molecule has 3 rings (SSSR count). The van der Waals surface area contributed by atoms with E-state index in [1.165, 1.54) is 7.11 Å². The Morgan fingerprint density at radius 2 is 1.81 bits per heavy atom. The Bertz CT molecular complexity index is 957. The number of hydrogen-bond acceptors (Lipinski definition) is 7. The number of benzene rings is 2. The second-order valence-electron chi connectivity index (χ2n) is 7.87. The first-order chi connectivity index (χ1) is 15.4. The van der Waals surface area contributed by atoms with Crippen LogP contribution in [-0.2, 0) is 9.53 Å². The van der Waals surface area contributed by atoms with Gasteiger partial charge in [-0.2, -0.15) is 0 Å². The number of rotatable bonds is 10. The van der Waals surface area contributed by atoms with Crippen molar-refractivity contribution < 1.29 is 33.3 Å². The zero-order valence-corrected chi connectivity index (χ0v) is 18.8. The summed E-state index contributed by atoms with van der Waals surface area (Å²) in [5.74, 6) is 1.79. The highest BCUT2D eigenvalue weighted by molar-refractivity contribution is 5.92. The van der Waals surface area contributed by atoms with Gasteiger partial charge in [0.15, 0.2) is 29.6 Å². The van der Waals surface area contributed by atoms with Crippen LogP contribution in [0.5, 0.6) is 23.0 Å². The Hall–Kier alpha value is -3.42. The summed E-state index contributed by atoms with van der Waals surface area (Å²) in [5, 5.41) is 2.80. The molecule has 8 nitrogen and oxygen atoms in total. The van der Waals surface area contributed by atoms with Gasteiger partial charge in [0, 0.05) is 0 Å². The average molecular weight is 443 g/mol. The van der Waals surface area contributed by atoms with Crippen LogP contribution in [0.3, 0.4) is 0 Å². The number of amides is 1. The molecule has 172 valence electrons. The topological polar surface area (TPSA) is 92.3 Å². The number of ether oxygens (including phenoxy) is 5. The number of hydrogen-bond donors (Lipinski definition) is 1. The van der Waals surface area contributed by atoms with Gasteiger partial charge in [0.1, 0.15) is 0 Å². The molecule has 32 heavy (non-hydrogen) atoms. The van der Waals surface area contributed by atoms with Gasteiger partial charge in [0.25, 0.3) is 5.91 Å². The summed E-state index contributed by atoms with van der Waals surface area (Å²) in [6, 6.07) is 9.96. The minimum Gasteiger partial charge on any atom is -0.493 e. The molecule has 0 bridgehead atoms. The van der Waals surface area contributed by atoms with Crippen molar-refractivity contribution in [2.24, 2.45) is 5.92 Å². The third-order valence-corrected chi connectivity index (χ3v) is 4.96. The Labute approximate surface area is 187 Å². The summed E-state index contributed by atoms with van der Waals surface area (Å²) < 4.78 is 26.9. The number of carbonyl (C=O) groups is 2. The lowest BCUT2D eigenvalue weighted by Crippen LogP contribution is -2.31. The minimum atomic E-state index is -0.622. The third kappa shape index (κ3) is 6.06. The molecule has 0 saturated carbocycles. The van der Waals surface area contributed by atoms with Crippen molar-refractivity contribution in [1.82, 2.24) is 5.32 Å². The van der Waals surface area contributed by atoms with Gasteiger partial charge in [-0.25, -0.2) is 4.79 Å². The summed E-state index contributed by atoms with van der Waals surface area (Å²) in [6.45, 7) is 6.41. The van der Waals surface area contributed by atoms with Crippen molar-refractivity contribution in [2.75, 3.05) is 27.1 Å². The maximum absolute atomic E-state index is 12.4. The lowest BCUT2D eigenvalue weighted by atomic mass is 10.1. The fourth-order valence-corrected chi connectivity index (χ4v) is 3.08. The van der Waals surface area contributed by atoms with Crippen molar-refractivity contribution in [3.8, 4) is 23.0 Å². The first-order valence-corrected chi connectivity index (χ1v) is 10.5. The minimum absolute atomic E-state index is 0.186. The molecule has 0 radical (unpaired) electrons. The zero-order chi connectivity index (χ0) is 23.1. The lowest BCUT2D eigenvalue weighted by Gasteiger charge is -2.15. The van der Waals surface area contributed by atoms with Crippen LogP contribution in [0.25, 0.3) is 0 Å². The standard InChI is InChI=1S/C24H29NO7/c1-15(2)9-10-29-19-8-6-18(12-21(19)28-4)24(27)30-13-23(26)25-16(3)17-5-7-20-22(11-17)32-14-31-20/h5-8,11-12,15-16H,9-10,13-14H2,1-4H3,(H,25,26). The molecule has 1 aliphatic heterocycles. The van der Waals surface area contributed by atoms with Gasteiger partial charge in [-0.1, -0.05) is 19.9 Å². The van der Waals surface area contributed by atoms with E-state index in [0.717, 1.165) is 12.0 Å². The first-order valence-electron chi connectivity index (χ1n) is 10.5. The normalized spacial score (nSPS) is 12.9. The molecule has 1 amide bonds. The highest BCUT2D eigenvalue weighted by Crippen LogP contribution is 2.34. The van der Waals surface area contributed by atoms with Gasteiger partial charge < -0.3 is 29.0 Å². The van der Waals surface area contributed by atoms with Crippen LogP contribution in [0.4, 0.5) is 0 Å². The Balaban J connectivity index is 1.51. The molecule has 1 unspecified atom stereocenters. The number of methoxy groups -OCH3 is 1. The molecule has 1 atom stereocenters. The molecule has 1 N–H and O–H groups in total. The van der Waals surface area contributed by atoms with Crippen molar-refractivity contribution in [3.05, 3.63) is 47.5 Å². The molecule has 8 heteroatoms. The molecule has 2 aromatic rings. The molecular formula is C24H29NO7. The van der Waals surface area contributed by atoms with Gasteiger partial charge in [-0.15, -0.1) is 0 Å². The van der Waals surface area contributed by atoms with Gasteiger partial charge in [-0.3, -0.25) is 4.79 Å². The van der Waals surface area contributed by atoms with Crippen LogP contribution in [0.1, 0.15) is 49.2 Å². The summed E-state index contributed by atoms with van der Waals surface area (Å²) >= 11 is 0. The average Bonchev–Trinajstić information content (AvgIpc) is 3.25. The van der Waals surface area contributed by atoms with Crippen LogP contribution in [-0.4, -0.2) is 39.0 Å². The van der Waals surface area contributed by atoms with E-state index >= 15 is 0 Å². The van der Waals surface area contributed by atoms with E-state index in [1.807, 2.05) is 19.1 Å². The fourth-order valence-electron chi connectivity index (χ4n) is 3.08. The van der Waals surface area contributed by atoms with Crippen molar-refractivity contribution >= 4 is 11.9 Å². The number of esters is 1. The van der Waals surface area contributed by atoms with E-state index in [9.17, 15) is 9.59 Å². The monoisotopic (exact) mass is 443 g/mol. The molecule has 0 spiro atoms. The SMILES string of the molecule is COc1cc(C(=O)OCC(=O)NC(C)c2ccc3c(c2)OCO3)ccc1OCCC(C)C. The molecule has 0 fully saturated rings. The van der Waals surface area contributed by atoms with Gasteiger partial charge in [0.2, 0.25) is 6.79 Å². The third-order valence-electron chi connectivity index (χ3n) is 4.96. The predicted molar refractivity (Wildman–Crippen MR) is 117 cm³/mol. The van der Waals surface area contributed by atoms with E-state index < -0.39 is 18.5 Å². The van der Waals surface area contributed by atoms with Crippen LogP contribution in [0.15, 0.2) is 36.4 Å². The van der Waals surface area contributed by atoms with Gasteiger partial charge in [-0.05, 0) is 55.2 Å². The van der Waals surface area contributed by atoms with Crippen LogP contribution >= 0.6 is 0 Å². The highest BCUT2D eigenvalue weighted by Gasteiger charge is 2.18. The number of carbonyl (C=O) groups excluding carboxylic acids is 2. The Morgan fingerprint density at radius 3 is 2.56 bits per heavy atom. The van der Waals surface area contributed by atoms with Crippen molar-refractivity contribution in [3.63, 3.8) is 0 Å². The number of fused-ring (bicyclic) bond motifs is 1. The molecule has 2 aromatic carbocycles. The van der Waals surface area contributed by atoms with Crippen LogP contribution < -0.4 is 24.3 Å². The molecular weight excluding hydrogens is 414 g/mol. The zero-order valence-electron chi connectivity index (χ0n) is 18.8. The van der Waals surface area contributed by atoms with E-state index in [2.05, 4.69) is 19.2 Å². The lowest BCUT2D eigenvalue weighted by molar-refractivity contribution is -0.124. The first kappa shape index (κ1) is 23.2. The Morgan fingerprint density at radius 1 is 1.03 bits per heavy atom. The van der Waals surface area contributed by atoms with Crippen molar-refractivity contribution in [2.45, 2.75) is 33.2 Å². The van der Waals surface area contributed by atoms with Gasteiger partial charge in [0.05, 0.1) is 25.3 Å². The maximum Gasteiger partial charge on any atom is 0.338 e. The highest BCUT2D eigenvalue weighted by atomic mass is 16.7. The predicted octanol–water partition coefficient (Wildman–Crippen LogP) is 3.88. The van der Waals surface area contributed by atoms with E-state index in [-0.39, 0.29) is 18.4 Å². The molecule has 0 aliphatic carbocycles. The van der Waals surface area contributed by atoms with Gasteiger partial charge >= 0.3 is 5.97 Å². The molecule has 1 heterocycles. The second-order valence-corrected chi connectivity index (χ2v) is 7.87. The quantitative estimate of drug-likeness (QED) is 0.557.